The first-order valence-electron chi connectivity index (χ1n) is 7.47. The molecule has 1 N–H and O–H groups in total. The van der Waals surface area contributed by atoms with Gasteiger partial charge in [0.25, 0.3) is 0 Å². The van der Waals surface area contributed by atoms with Gasteiger partial charge < -0.3 is 15.0 Å². The molecule has 0 amide bonds. The summed E-state index contributed by atoms with van der Waals surface area (Å²) in [5.74, 6) is 0. The molecular formula is C15H30N4O. The Labute approximate surface area is 123 Å². The Balaban J connectivity index is 2.36. The predicted molar refractivity (Wildman–Crippen MR) is 83.2 cm³/mol. The molecule has 20 heavy (non-hydrogen) atoms. The van der Waals surface area contributed by atoms with E-state index in [4.69, 9.17) is 4.74 Å². The Morgan fingerprint density at radius 2 is 2.00 bits per heavy atom. The van der Waals surface area contributed by atoms with Crippen molar-refractivity contribution >= 4 is 0 Å². The van der Waals surface area contributed by atoms with Crippen LogP contribution >= 0.6 is 0 Å². The SMILES string of the molecule is CCn1nc(C)c(C(C)NCCOCCN(C)C)c1C. The third-order valence-electron chi connectivity index (χ3n) is 3.55. The van der Waals surface area contributed by atoms with Gasteiger partial charge in [-0.2, -0.15) is 5.10 Å². The maximum absolute atomic E-state index is 5.59. The van der Waals surface area contributed by atoms with Gasteiger partial charge in [-0.15, -0.1) is 0 Å². The molecule has 0 aromatic carbocycles. The van der Waals surface area contributed by atoms with E-state index in [1.807, 2.05) is 0 Å². The van der Waals surface area contributed by atoms with Crippen LogP contribution in [0.5, 0.6) is 0 Å². The largest absolute Gasteiger partial charge is 0.379 e. The summed E-state index contributed by atoms with van der Waals surface area (Å²) in [6.07, 6.45) is 0. The lowest BCUT2D eigenvalue weighted by Gasteiger charge is -2.15. The molecule has 0 aliphatic rings. The third-order valence-corrected chi connectivity index (χ3v) is 3.55. The predicted octanol–water partition coefficient (Wildman–Crippen LogP) is 1.75. The lowest BCUT2D eigenvalue weighted by molar-refractivity contribution is 0.118. The summed E-state index contributed by atoms with van der Waals surface area (Å²) < 4.78 is 7.66. The van der Waals surface area contributed by atoms with Gasteiger partial charge in [-0.3, -0.25) is 4.68 Å². The zero-order valence-electron chi connectivity index (χ0n) is 13.9. The average molecular weight is 282 g/mol. The normalized spacial score (nSPS) is 13.2. The van der Waals surface area contributed by atoms with Gasteiger partial charge in [0, 0.05) is 36.9 Å². The molecule has 1 heterocycles. The summed E-state index contributed by atoms with van der Waals surface area (Å²) in [6.45, 7) is 12.8. The van der Waals surface area contributed by atoms with Gasteiger partial charge >= 0.3 is 0 Å². The van der Waals surface area contributed by atoms with Crippen LogP contribution in [0.15, 0.2) is 0 Å². The lowest BCUT2D eigenvalue weighted by atomic mass is 10.1. The minimum atomic E-state index is 0.313. The number of rotatable bonds is 9. The molecule has 0 aliphatic heterocycles. The topological polar surface area (TPSA) is 42.3 Å². The highest BCUT2D eigenvalue weighted by Crippen LogP contribution is 2.20. The maximum atomic E-state index is 5.59. The van der Waals surface area contributed by atoms with Gasteiger partial charge in [0.15, 0.2) is 0 Å². The first-order valence-corrected chi connectivity index (χ1v) is 7.47. The van der Waals surface area contributed by atoms with Crippen LogP contribution in [-0.4, -0.2) is 55.1 Å². The van der Waals surface area contributed by atoms with Gasteiger partial charge in [-0.05, 0) is 41.8 Å². The van der Waals surface area contributed by atoms with Crippen LogP contribution in [0.25, 0.3) is 0 Å². The molecule has 116 valence electrons. The van der Waals surface area contributed by atoms with Crippen molar-refractivity contribution in [2.45, 2.75) is 40.3 Å². The number of nitrogens with one attached hydrogen (secondary N) is 1. The van der Waals surface area contributed by atoms with Crippen LogP contribution in [0.2, 0.25) is 0 Å². The van der Waals surface area contributed by atoms with Crippen molar-refractivity contribution < 1.29 is 4.74 Å². The molecule has 0 saturated heterocycles. The first kappa shape index (κ1) is 17.1. The molecule has 5 nitrogen and oxygen atoms in total. The number of aromatic nitrogens is 2. The monoisotopic (exact) mass is 282 g/mol. The standard InChI is InChI=1S/C15H30N4O/c1-7-19-14(4)15(13(3)17-19)12(2)16-8-10-20-11-9-18(5)6/h12,16H,7-11H2,1-6H3. The van der Waals surface area contributed by atoms with Crippen molar-refractivity contribution in [2.24, 2.45) is 0 Å². The highest BCUT2D eigenvalue weighted by molar-refractivity contribution is 5.27. The Kier molecular flexibility index (Phi) is 7.19. The second-order valence-corrected chi connectivity index (χ2v) is 5.49. The van der Waals surface area contributed by atoms with Crippen LogP contribution in [0.4, 0.5) is 0 Å². The van der Waals surface area contributed by atoms with Crippen molar-refractivity contribution in [3.63, 3.8) is 0 Å². The van der Waals surface area contributed by atoms with Gasteiger partial charge in [0.05, 0.1) is 18.9 Å². The van der Waals surface area contributed by atoms with E-state index in [2.05, 4.69) is 61.8 Å². The smallest absolute Gasteiger partial charge is 0.0644 e. The van der Waals surface area contributed by atoms with Crippen molar-refractivity contribution in [1.29, 1.82) is 0 Å². The van der Waals surface area contributed by atoms with Crippen molar-refractivity contribution in [3.05, 3.63) is 17.0 Å². The molecule has 1 atom stereocenters. The van der Waals surface area contributed by atoms with Crippen molar-refractivity contribution in [2.75, 3.05) is 40.4 Å². The lowest BCUT2D eigenvalue weighted by Crippen LogP contribution is -2.26. The molecule has 0 aliphatic carbocycles. The number of aryl methyl sites for hydroxylation is 2. The fraction of sp³-hybridized carbons (Fsp3) is 0.800. The molecule has 1 aromatic rings. The summed E-state index contributed by atoms with van der Waals surface area (Å²) in [5.41, 5.74) is 3.71. The van der Waals surface area contributed by atoms with E-state index in [-0.39, 0.29) is 0 Å². The van der Waals surface area contributed by atoms with Crippen molar-refractivity contribution in [3.8, 4) is 0 Å². The van der Waals surface area contributed by atoms with Crippen LogP contribution < -0.4 is 5.32 Å². The summed E-state index contributed by atoms with van der Waals surface area (Å²) in [5, 5.41) is 8.08. The number of hydrogen-bond donors (Lipinski definition) is 1. The highest BCUT2D eigenvalue weighted by atomic mass is 16.5. The molecule has 0 fully saturated rings. The molecule has 0 spiro atoms. The Morgan fingerprint density at radius 3 is 2.55 bits per heavy atom. The molecule has 0 saturated carbocycles. The minimum absolute atomic E-state index is 0.313. The zero-order chi connectivity index (χ0) is 15.1. The molecule has 1 rings (SSSR count). The van der Waals surface area contributed by atoms with Crippen molar-refractivity contribution in [1.82, 2.24) is 20.0 Å². The van der Waals surface area contributed by atoms with Gasteiger partial charge in [0.2, 0.25) is 0 Å². The Morgan fingerprint density at radius 1 is 1.30 bits per heavy atom. The van der Waals surface area contributed by atoms with E-state index >= 15 is 0 Å². The fourth-order valence-electron chi connectivity index (χ4n) is 2.44. The van der Waals surface area contributed by atoms with E-state index in [0.717, 1.165) is 38.5 Å². The second-order valence-electron chi connectivity index (χ2n) is 5.49. The Bertz CT molecular complexity index is 401. The summed E-state index contributed by atoms with van der Waals surface area (Å²) in [4.78, 5) is 2.13. The molecule has 0 bridgehead atoms. The minimum Gasteiger partial charge on any atom is -0.379 e. The summed E-state index contributed by atoms with van der Waals surface area (Å²) in [6, 6.07) is 0.313. The van der Waals surface area contributed by atoms with Gasteiger partial charge in [-0.1, -0.05) is 0 Å². The van der Waals surface area contributed by atoms with E-state index < -0.39 is 0 Å². The van der Waals surface area contributed by atoms with Crippen LogP contribution in [-0.2, 0) is 11.3 Å². The van der Waals surface area contributed by atoms with Crippen LogP contribution in [0.3, 0.4) is 0 Å². The maximum Gasteiger partial charge on any atom is 0.0644 e. The quantitative estimate of drug-likeness (QED) is 0.701. The highest BCUT2D eigenvalue weighted by Gasteiger charge is 2.16. The van der Waals surface area contributed by atoms with E-state index in [1.54, 1.807) is 0 Å². The van der Waals surface area contributed by atoms with E-state index in [1.165, 1.54) is 11.3 Å². The number of ether oxygens (including phenoxy) is 1. The summed E-state index contributed by atoms with van der Waals surface area (Å²) >= 11 is 0. The third kappa shape index (κ3) is 4.89. The number of likely N-dealkylation sites (N-methyl/N-ethyl adjacent to an activating group) is 1. The van der Waals surface area contributed by atoms with Gasteiger partial charge in [0.1, 0.15) is 0 Å². The molecule has 1 aromatic heterocycles. The number of nitrogens with zero attached hydrogens (tertiary/aromatic N) is 3. The van der Waals surface area contributed by atoms with E-state index in [0.29, 0.717) is 6.04 Å². The molecule has 5 heteroatoms. The zero-order valence-corrected chi connectivity index (χ0v) is 13.9. The summed E-state index contributed by atoms with van der Waals surface area (Å²) in [7, 11) is 4.11. The van der Waals surface area contributed by atoms with E-state index in [9.17, 15) is 0 Å². The fourth-order valence-corrected chi connectivity index (χ4v) is 2.44. The van der Waals surface area contributed by atoms with Gasteiger partial charge in [-0.25, -0.2) is 0 Å². The Hall–Kier alpha value is -0.910. The number of hydrogen-bond acceptors (Lipinski definition) is 4. The van der Waals surface area contributed by atoms with Crippen LogP contribution in [0, 0.1) is 13.8 Å². The molecule has 1 unspecified atom stereocenters. The molecule has 0 radical (unpaired) electrons. The van der Waals surface area contributed by atoms with Crippen LogP contribution in [0.1, 0.15) is 36.8 Å². The second kappa shape index (κ2) is 8.39. The molecular weight excluding hydrogens is 252 g/mol. The average Bonchev–Trinajstić information content (AvgIpc) is 2.67. The first-order chi connectivity index (χ1) is 9.47.